The van der Waals surface area contributed by atoms with Crippen LogP contribution in [0.3, 0.4) is 0 Å². The van der Waals surface area contributed by atoms with E-state index >= 15 is 0 Å². The average molecular weight is 489 g/mol. The second-order valence-corrected chi connectivity index (χ2v) is 8.75. The summed E-state index contributed by atoms with van der Waals surface area (Å²) in [5, 5.41) is 9.16. The van der Waals surface area contributed by atoms with E-state index in [0.717, 1.165) is 24.9 Å². The van der Waals surface area contributed by atoms with E-state index < -0.39 is 0 Å². The summed E-state index contributed by atoms with van der Waals surface area (Å²) >= 11 is 0. The van der Waals surface area contributed by atoms with E-state index in [0.29, 0.717) is 54.6 Å². The Hall–Kier alpha value is -4.18. The largest absolute Gasteiger partial charge is 0.486 e. The first-order chi connectivity index (χ1) is 17.6. The minimum absolute atomic E-state index is 0.0253. The molecule has 1 saturated heterocycles. The molecule has 1 fully saturated rings. The molecule has 2 amide bonds. The number of carbonyl (C=O) groups is 2. The minimum Gasteiger partial charge on any atom is -0.486 e. The van der Waals surface area contributed by atoms with Gasteiger partial charge in [-0.3, -0.25) is 9.59 Å². The van der Waals surface area contributed by atoms with Gasteiger partial charge in [0.2, 0.25) is 0 Å². The minimum atomic E-state index is -0.358. The van der Waals surface area contributed by atoms with E-state index in [1.165, 1.54) is 6.20 Å². The molecule has 5 N–H and O–H groups in total. The molecule has 10 heteroatoms. The van der Waals surface area contributed by atoms with Gasteiger partial charge >= 0.3 is 0 Å². The van der Waals surface area contributed by atoms with Crippen molar-refractivity contribution < 1.29 is 19.1 Å². The van der Waals surface area contributed by atoms with Crippen LogP contribution >= 0.6 is 0 Å². The molecule has 0 aliphatic carbocycles. The number of carbonyl (C=O) groups excluding carboxylic acids is 2. The van der Waals surface area contributed by atoms with Gasteiger partial charge in [0.1, 0.15) is 13.2 Å². The van der Waals surface area contributed by atoms with E-state index in [2.05, 4.69) is 25.9 Å². The number of piperidine rings is 1. The van der Waals surface area contributed by atoms with Crippen molar-refractivity contribution in [3.05, 3.63) is 65.5 Å². The van der Waals surface area contributed by atoms with Gasteiger partial charge in [0, 0.05) is 30.3 Å². The molecule has 36 heavy (non-hydrogen) atoms. The van der Waals surface area contributed by atoms with Crippen molar-refractivity contribution in [2.24, 2.45) is 0 Å². The SMILES string of the molecule is Nc1ncc(-c2cccc(C(=O)NCc3ccc4c(c3)OCCO4)c2)nc1C(=O)N[C@H]1CCCNC1. The first-order valence-corrected chi connectivity index (χ1v) is 12.0. The molecule has 0 radical (unpaired) electrons. The van der Waals surface area contributed by atoms with Crippen molar-refractivity contribution in [1.29, 1.82) is 0 Å². The standard InChI is InChI=1S/C26H28N6O4/c27-24-23(26(34)31-19-5-2-8-28-14-19)32-20(15-29-24)17-3-1-4-18(12-17)25(33)30-13-16-6-7-21-22(11-16)36-10-9-35-21/h1,3-4,6-7,11-12,15,19,28H,2,5,8-10,13-14H2,(H2,27,29)(H,30,33)(H,31,34)/t19-/m0/s1. The molecule has 0 saturated carbocycles. The molecule has 0 unspecified atom stereocenters. The molecule has 1 aromatic heterocycles. The molecule has 0 spiro atoms. The quantitative estimate of drug-likeness (QED) is 0.412. The van der Waals surface area contributed by atoms with Crippen LogP contribution in [-0.4, -0.2) is 54.1 Å². The molecule has 3 aromatic rings. The third-order valence-electron chi connectivity index (χ3n) is 6.13. The number of anilines is 1. The van der Waals surface area contributed by atoms with Crippen LogP contribution in [0.5, 0.6) is 11.5 Å². The first kappa shape index (κ1) is 23.6. The van der Waals surface area contributed by atoms with Crippen molar-refractivity contribution in [2.45, 2.75) is 25.4 Å². The van der Waals surface area contributed by atoms with E-state index in [1.807, 2.05) is 24.3 Å². The van der Waals surface area contributed by atoms with Gasteiger partial charge in [-0.2, -0.15) is 0 Å². The highest BCUT2D eigenvalue weighted by Gasteiger charge is 2.20. The highest BCUT2D eigenvalue weighted by Crippen LogP contribution is 2.30. The van der Waals surface area contributed by atoms with Gasteiger partial charge in [-0.1, -0.05) is 18.2 Å². The highest BCUT2D eigenvalue weighted by molar-refractivity contribution is 5.97. The van der Waals surface area contributed by atoms with Gasteiger partial charge in [0.15, 0.2) is 23.0 Å². The molecule has 186 valence electrons. The Morgan fingerprint density at radius 3 is 2.78 bits per heavy atom. The molecule has 10 nitrogen and oxygen atoms in total. The Morgan fingerprint density at radius 2 is 1.94 bits per heavy atom. The van der Waals surface area contributed by atoms with E-state index in [4.69, 9.17) is 15.2 Å². The maximum Gasteiger partial charge on any atom is 0.274 e. The van der Waals surface area contributed by atoms with Crippen LogP contribution < -0.4 is 31.2 Å². The number of fused-ring (bicyclic) bond motifs is 1. The lowest BCUT2D eigenvalue weighted by molar-refractivity contribution is 0.0923. The first-order valence-electron chi connectivity index (χ1n) is 12.0. The monoisotopic (exact) mass is 488 g/mol. The van der Waals surface area contributed by atoms with Crippen molar-refractivity contribution in [1.82, 2.24) is 25.9 Å². The lowest BCUT2D eigenvalue weighted by atomic mass is 10.1. The number of benzene rings is 2. The van der Waals surface area contributed by atoms with Crippen molar-refractivity contribution >= 4 is 17.6 Å². The third kappa shape index (κ3) is 5.38. The fourth-order valence-electron chi connectivity index (χ4n) is 4.24. The Labute approximate surface area is 208 Å². The smallest absolute Gasteiger partial charge is 0.274 e. The lowest BCUT2D eigenvalue weighted by Gasteiger charge is -2.23. The molecule has 3 heterocycles. The van der Waals surface area contributed by atoms with Crippen LogP contribution in [-0.2, 0) is 6.54 Å². The summed E-state index contributed by atoms with van der Waals surface area (Å²) in [6.07, 6.45) is 3.39. The number of amides is 2. The summed E-state index contributed by atoms with van der Waals surface area (Å²) < 4.78 is 11.1. The number of nitrogens with one attached hydrogen (secondary N) is 3. The van der Waals surface area contributed by atoms with Crippen molar-refractivity contribution in [3.63, 3.8) is 0 Å². The number of hydrogen-bond acceptors (Lipinski definition) is 8. The molecule has 2 aliphatic rings. The van der Waals surface area contributed by atoms with Gasteiger partial charge < -0.3 is 31.2 Å². The van der Waals surface area contributed by atoms with Crippen LogP contribution in [0.2, 0.25) is 0 Å². The Kier molecular flexibility index (Phi) is 6.94. The normalized spacial score (nSPS) is 16.7. The molecule has 2 aromatic carbocycles. The second-order valence-electron chi connectivity index (χ2n) is 8.75. The van der Waals surface area contributed by atoms with Crippen LogP contribution in [0.1, 0.15) is 39.3 Å². The zero-order chi connectivity index (χ0) is 24.9. The van der Waals surface area contributed by atoms with Gasteiger partial charge in [-0.05, 0) is 49.2 Å². The number of nitrogens with zero attached hydrogens (tertiary/aromatic N) is 2. The molecule has 5 rings (SSSR count). The summed E-state index contributed by atoms with van der Waals surface area (Å²) in [7, 11) is 0. The molecule has 2 aliphatic heterocycles. The predicted octanol–water partition coefficient (Wildman–Crippen LogP) is 1.91. The van der Waals surface area contributed by atoms with E-state index in [-0.39, 0.29) is 29.4 Å². The Balaban J connectivity index is 1.27. The van der Waals surface area contributed by atoms with Gasteiger partial charge in [-0.15, -0.1) is 0 Å². The Bertz CT molecular complexity index is 1280. The van der Waals surface area contributed by atoms with Crippen molar-refractivity contribution in [3.8, 4) is 22.8 Å². The van der Waals surface area contributed by atoms with E-state index in [9.17, 15) is 9.59 Å². The van der Waals surface area contributed by atoms with Crippen LogP contribution in [0.4, 0.5) is 5.82 Å². The van der Waals surface area contributed by atoms with Crippen LogP contribution in [0.25, 0.3) is 11.3 Å². The van der Waals surface area contributed by atoms with Crippen LogP contribution in [0, 0.1) is 0 Å². The average Bonchev–Trinajstić information content (AvgIpc) is 2.92. The summed E-state index contributed by atoms with van der Waals surface area (Å²) in [6, 6.07) is 12.6. The van der Waals surface area contributed by atoms with E-state index in [1.54, 1.807) is 18.2 Å². The van der Waals surface area contributed by atoms with Crippen molar-refractivity contribution in [2.75, 3.05) is 32.0 Å². The summed E-state index contributed by atoms with van der Waals surface area (Å²) in [5.74, 6) is 0.851. The topological polar surface area (TPSA) is 140 Å². The summed E-state index contributed by atoms with van der Waals surface area (Å²) in [5.41, 5.74) is 8.51. The van der Waals surface area contributed by atoms with Gasteiger partial charge in [0.05, 0.1) is 11.9 Å². The number of nitrogens with two attached hydrogens (primary N) is 1. The number of hydrogen-bond donors (Lipinski definition) is 4. The number of rotatable bonds is 6. The fourth-order valence-corrected chi connectivity index (χ4v) is 4.24. The zero-order valence-corrected chi connectivity index (χ0v) is 19.8. The molecular weight excluding hydrogens is 460 g/mol. The predicted molar refractivity (Wildman–Crippen MR) is 134 cm³/mol. The lowest BCUT2D eigenvalue weighted by Crippen LogP contribution is -2.46. The zero-order valence-electron chi connectivity index (χ0n) is 19.8. The maximum absolute atomic E-state index is 12.8. The molecule has 0 bridgehead atoms. The van der Waals surface area contributed by atoms with Crippen LogP contribution in [0.15, 0.2) is 48.7 Å². The number of aromatic nitrogens is 2. The summed E-state index contributed by atoms with van der Waals surface area (Å²) in [6.45, 7) is 3.03. The maximum atomic E-state index is 12.8. The molecule has 1 atom stereocenters. The fraction of sp³-hybridized carbons (Fsp3) is 0.308. The second kappa shape index (κ2) is 10.6. The Morgan fingerprint density at radius 1 is 1.08 bits per heavy atom. The van der Waals surface area contributed by atoms with Gasteiger partial charge in [-0.25, -0.2) is 9.97 Å². The summed E-state index contributed by atoms with van der Waals surface area (Å²) in [4.78, 5) is 34.3. The molecular formula is C26H28N6O4. The highest BCUT2D eigenvalue weighted by atomic mass is 16.6. The third-order valence-corrected chi connectivity index (χ3v) is 6.13. The number of nitrogen functional groups attached to an aromatic ring is 1. The van der Waals surface area contributed by atoms with Gasteiger partial charge in [0.25, 0.3) is 11.8 Å². The number of ether oxygens (including phenoxy) is 2.